The Hall–Kier alpha value is -3.98. The largest absolute Gasteiger partial charge is 0.340 e. The molecule has 0 fully saturated rings. The van der Waals surface area contributed by atoms with Crippen LogP contribution in [0.5, 0.6) is 0 Å². The number of rotatable bonds is 5. The number of carbonyl (C=O) groups excluding carboxylic acids is 2. The van der Waals surface area contributed by atoms with E-state index >= 15 is 0 Å². The van der Waals surface area contributed by atoms with Gasteiger partial charge in [0.2, 0.25) is 0 Å². The second-order valence-electron chi connectivity index (χ2n) is 10.6. The van der Waals surface area contributed by atoms with Crippen molar-refractivity contribution in [3.8, 4) is 0 Å². The molecule has 0 saturated carbocycles. The van der Waals surface area contributed by atoms with E-state index in [1.807, 2.05) is 36.4 Å². The summed E-state index contributed by atoms with van der Waals surface area (Å²) in [5.74, 6) is 0.186. The fourth-order valence-corrected chi connectivity index (χ4v) is 6.50. The van der Waals surface area contributed by atoms with Gasteiger partial charge in [-0.25, -0.2) is 0 Å². The Morgan fingerprint density at radius 2 is 1.35 bits per heavy atom. The molecule has 1 aromatic heterocycles. The van der Waals surface area contributed by atoms with Crippen molar-refractivity contribution in [3.05, 3.63) is 117 Å². The number of nitrogens with zero attached hydrogens (tertiary/aromatic N) is 1. The van der Waals surface area contributed by atoms with Crippen LogP contribution < -0.4 is 0 Å². The van der Waals surface area contributed by atoms with Crippen molar-refractivity contribution < 1.29 is 9.59 Å². The van der Waals surface area contributed by atoms with Crippen LogP contribution >= 0.6 is 0 Å². The minimum absolute atomic E-state index is 0.0871. The van der Waals surface area contributed by atoms with Gasteiger partial charge in [-0.2, -0.15) is 0 Å². The first-order chi connectivity index (χ1) is 18.2. The third-order valence-electron chi connectivity index (χ3n) is 8.33. The Kier molecular flexibility index (Phi) is 5.14. The zero-order valence-electron chi connectivity index (χ0n) is 21.1. The van der Waals surface area contributed by atoms with Crippen molar-refractivity contribution in [1.82, 2.24) is 4.57 Å². The Morgan fingerprint density at radius 1 is 0.649 bits per heavy atom. The topological polar surface area (TPSA) is 39.1 Å². The molecule has 3 nitrogen and oxygen atoms in total. The first-order valence-corrected chi connectivity index (χ1v) is 13.5. The predicted octanol–water partition coefficient (Wildman–Crippen LogP) is 7.65. The number of aromatic nitrogens is 1. The van der Waals surface area contributed by atoms with Gasteiger partial charge in [-0.1, -0.05) is 80.8 Å². The van der Waals surface area contributed by atoms with Crippen LogP contribution in [0.4, 0.5) is 0 Å². The van der Waals surface area contributed by atoms with E-state index < -0.39 is 0 Å². The van der Waals surface area contributed by atoms with Crippen LogP contribution in [0.25, 0.3) is 21.8 Å². The van der Waals surface area contributed by atoms with Gasteiger partial charge in [0.05, 0.1) is 0 Å². The monoisotopic (exact) mass is 483 g/mol. The molecule has 0 aliphatic heterocycles. The van der Waals surface area contributed by atoms with E-state index in [4.69, 9.17) is 0 Å². The molecule has 2 aliphatic carbocycles. The Balaban J connectivity index is 1.49. The highest BCUT2D eigenvalue weighted by Gasteiger charge is 2.30. The van der Waals surface area contributed by atoms with Crippen LogP contribution in [0, 0.1) is 0 Å². The van der Waals surface area contributed by atoms with E-state index in [0.717, 1.165) is 92.1 Å². The lowest BCUT2D eigenvalue weighted by Gasteiger charge is -2.20. The average molecular weight is 484 g/mol. The van der Waals surface area contributed by atoms with Gasteiger partial charge < -0.3 is 4.57 Å². The number of carbonyl (C=O) groups is 2. The highest BCUT2D eigenvalue weighted by Crippen LogP contribution is 2.41. The number of ketones is 2. The van der Waals surface area contributed by atoms with Crippen LogP contribution in [0.1, 0.15) is 86.7 Å². The summed E-state index contributed by atoms with van der Waals surface area (Å²) in [5.41, 5.74) is 9.77. The second kappa shape index (κ2) is 8.55. The quantitative estimate of drug-likeness (QED) is 0.236. The molecule has 0 saturated heterocycles. The van der Waals surface area contributed by atoms with E-state index in [1.54, 1.807) is 0 Å². The maximum atomic E-state index is 13.9. The summed E-state index contributed by atoms with van der Waals surface area (Å²) in [6.07, 6.45) is 6.22. The number of hydrogen-bond acceptors (Lipinski definition) is 2. The van der Waals surface area contributed by atoms with Gasteiger partial charge in [0.1, 0.15) is 0 Å². The smallest absolute Gasteiger partial charge is 0.194 e. The first kappa shape index (κ1) is 22.2. The molecule has 0 atom stereocenters. The van der Waals surface area contributed by atoms with Gasteiger partial charge in [0, 0.05) is 50.6 Å². The number of hydrogen-bond donors (Lipinski definition) is 0. The van der Waals surface area contributed by atoms with Crippen molar-refractivity contribution in [1.29, 1.82) is 0 Å². The van der Waals surface area contributed by atoms with Gasteiger partial charge >= 0.3 is 0 Å². The van der Waals surface area contributed by atoms with Crippen molar-refractivity contribution in [3.63, 3.8) is 0 Å². The Labute approximate surface area is 216 Å². The molecule has 0 spiro atoms. The van der Waals surface area contributed by atoms with Crippen LogP contribution in [-0.4, -0.2) is 16.1 Å². The van der Waals surface area contributed by atoms with E-state index in [-0.39, 0.29) is 11.6 Å². The molecule has 2 aliphatic rings. The van der Waals surface area contributed by atoms with E-state index in [1.165, 1.54) is 19.3 Å². The van der Waals surface area contributed by atoms with Crippen molar-refractivity contribution >= 4 is 33.4 Å². The molecule has 0 radical (unpaired) electrons. The highest BCUT2D eigenvalue weighted by molar-refractivity contribution is 6.26. The molecule has 0 amide bonds. The minimum atomic E-state index is 0.0871. The summed E-state index contributed by atoms with van der Waals surface area (Å²) in [7, 11) is 0. The molecular formula is C34H29NO2. The summed E-state index contributed by atoms with van der Waals surface area (Å²) >= 11 is 0. The Morgan fingerprint density at radius 3 is 2.11 bits per heavy atom. The average Bonchev–Trinajstić information content (AvgIpc) is 3.23. The molecule has 3 heteroatoms. The fourth-order valence-electron chi connectivity index (χ4n) is 6.50. The lowest BCUT2D eigenvalue weighted by Crippen LogP contribution is -2.15. The molecule has 0 unspecified atom stereocenters. The summed E-state index contributed by atoms with van der Waals surface area (Å²) in [5, 5.41) is 2.04. The molecule has 0 N–H and O–H groups in total. The molecule has 0 bridgehead atoms. The summed E-state index contributed by atoms with van der Waals surface area (Å²) in [6, 6.07) is 24.6. The van der Waals surface area contributed by atoms with E-state index in [9.17, 15) is 9.59 Å². The van der Waals surface area contributed by atoms with Gasteiger partial charge in [0.25, 0.3) is 0 Å². The molecule has 182 valence electrons. The van der Waals surface area contributed by atoms with Crippen LogP contribution in [0.15, 0.2) is 72.8 Å². The van der Waals surface area contributed by atoms with Gasteiger partial charge in [-0.05, 0) is 59.7 Å². The molecular weight excluding hydrogens is 454 g/mol. The fraction of sp³-hybridized carbons (Fsp3) is 0.235. The third-order valence-corrected chi connectivity index (χ3v) is 8.33. The third kappa shape index (κ3) is 3.33. The number of unbranched alkanes of at least 4 members (excludes halogenated alkanes) is 3. The zero-order valence-corrected chi connectivity index (χ0v) is 21.1. The van der Waals surface area contributed by atoms with Crippen molar-refractivity contribution in [2.24, 2.45) is 0 Å². The molecule has 37 heavy (non-hydrogen) atoms. The summed E-state index contributed by atoms with van der Waals surface area (Å²) in [4.78, 5) is 27.5. The van der Waals surface area contributed by atoms with E-state index in [2.05, 4.69) is 47.9 Å². The van der Waals surface area contributed by atoms with Crippen molar-refractivity contribution in [2.75, 3.05) is 0 Å². The lowest BCUT2D eigenvalue weighted by molar-refractivity contribution is 0.102. The molecule has 1 heterocycles. The second-order valence-corrected chi connectivity index (χ2v) is 10.6. The van der Waals surface area contributed by atoms with Gasteiger partial charge in [0.15, 0.2) is 11.6 Å². The van der Waals surface area contributed by atoms with Crippen LogP contribution in [-0.2, 0) is 19.4 Å². The number of fused-ring (bicyclic) bond motifs is 8. The highest BCUT2D eigenvalue weighted by atomic mass is 16.1. The first-order valence-electron chi connectivity index (χ1n) is 13.5. The van der Waals surface area contributed by atoms with E-state index in [0.29, 0.717) is 0 Å². The molecule has 5 aromatic rings. The van der Waals surface area contributed by atoms with Crippen LogP contribution in [0.2, 0.25) is 0 Å². The predicted molar refractivity (Wildman–Crippen MR) is 149 cm³/mol. The van der Waals surface area contributed by atoms with Crippen LogP contribution in [0.3, 0.4) is 0 Å². The number of aryl methyl sites for hydroxylation is 1. The van der Waals surface area contributed by atoms with Crippen molar-refractivity contribution in [2.45, 2.75) is 52.0 Å². The molecule has 4 aromatic carbocycles. The Bertz CT molecular complexity index is 1750. The minimum Gasteiger partial charge on any atom is -0.340 e. The number of benzene rings is 4. The van der Waals surface area contributed by atoms with Gasteiger partial charge in [-0.15, -0.1) is 0 Å². The maximum absolute atomic E-state index is 13.9. The zero-order chi connectivity index (χ0) is 25.1. The standard InChI is InChI=1S/C34H29NO2/c1-2-3-4-9-16-35-29-15-14-23-17-21-10-6-8-13-26(21)34(37)31(23)32(29)28-20-27-24(19-30(28)35)18-22-11-5-7-12-25(22)33(27)36/h5-8,10-15,19-20H,2-4,9,16-18H2,1H3. The maximum Gasteiger partial charge on any atom is 0.194 e. The lowest BCUT2D eigenvalue weighted by atomic mass is 9.81. The SMILES string of the molecule is CCCCCCn1c2cc3c(cc2c2c4c(ccc21)Cc1ccccc1C4=O)C(=O)c1ccccc1C3. The molecule has 7 rings (SSSR count). The van der Waals surface area contributed by atoms with Gasteiger partial charge in [-0.3, -0.25) is 9.59 Å². The normalized spacial score (nSPS) is 14.0. The summed E-state index contributed by atoms with van der Waals surface area (Å²) < 4.78 is 2.40. The summed E-state index contributed by atoms with van der Waals surface area (Å²) in [6.45, 7) is 3.14.